The maximum Gasteiger partial charge on any atom is 0.345 e. The molecule has 2 saturated heterocycles. The number of piperidine rings is 1. The Morgan fingerprint density at radius 1 is 1.29 bits per heavy atom. The summed E-state index contributed by atoms with van der Waals surface area (Å²) in [6, 6.07) is 11.0. The molecule has 34 heavy (non-hydrogen) atoms. The van der Waals surface area contributed by atoms with Gasteiger partial charge >= 0.3 is 12.6 Å². The molecule has 2 bridgehead atoms. The van der Waals surface area contributed by atoms with Crippen molar-refractivity contribution in [2.24, 2.45) is 0 Å². The van der Waals surface area contributed by atoms with Gasteiger partial charge in [0.2, 0.25) is 0 Å². The summed E-state index contributed by atoms with van der Waals surface area (Å²) in [5.74, 6) is -0.196. The zero-order valence-corrected chi connectivity index (χ0v) is 19.2. The molecule has 6 nitrogen and oxygen atoms in total. The van der Waals surface area contributed by atoms with Crippen LogP contribution >= 0.6 is 0 Å². The molecule has 0 radical (unpaired) electrons. The number of H-pyrrole nitrogens is 1. The van der Waals surface area contributed by atoms with Gasteiger partial charge in [0.25, 0.3) is 0 Å². The molecule has 1 unspecified atom stereocenters. The fraction of sp³-hybridized carbons (Fsp3) is 0.423. The number of hydrogen-bond acceptors (Lipinski definition) is 4. The normalized spacial score (nSPS) is 24.7. The number of alkyl halides is 2. The standard InChI is InChI=1S/C26H28F2N2O4/c1-15-11-22(33-2)21(20-8-10-29-23(15)20)14-30-18-7-9-26(30,13-19(12-18)34-25(27)28)17-5-3-16(4-6-17)24(31)32/h3-6,8,10-11,18-19,25,29H,7,9,12-14H2,1-2H3,(H,31,32)/t18-,19+,26?/m0/s1. The number of carboxylic acid groups (broad SMARTS) is 1. The highest BCUT2D eigenvalue weighted by atomic mass is 19.3. The quantitative estimate of drug-likeness (QED) is 0.481. The Bertz CT molecular complexity index is 1210. The molecular formula is C26H28F2N2O4. The molecule has 0 aliphatic carbocycles. The second kappa shape index (κ2) is 8.67. The average Bonchev–Trinajstić information content (AvgIpc) is 3.37. The highest BCUT2D eigenvalue weighted by Gasteiger charge is 2.53. The van der Waals surface area contributed by atoms with Gasteiger partial charge in [-0.25, -0.2) is 4.79 Å². The summed E-state index contributed by atoms with van der Waals surface area (Å²) in [6.45, 7) is -0.197. The second-order valence-corrected chi connectivity index (χ2v) is 9.33. The third-order valence-corrected chi connectivity index (χ3v) is 7.61. The molecule has 3 atom stereocenters. The molecule has 2 aromatic carbocycles. The number of carbonyl (C=O) groups is 1. The van der Waals surface area contributed by atoms with Crippen LogP contribution in [0.4, 0.5) is 8.78 Å². The fourth-order valence-corrected chi connectivity index (χ4v) is 6.11. The third kappa shape index (κ3) is 3.75. The van der Waals surface area contributed by atoms with E-state index in [4.69, 9.17) is 9.47 Å². The molecule has 0 saturated carbocycles. The first-order chi connectivity index (χ1) is 16.3. The summed E-state index contributed by atoms with van der Waals surface area (Å²) in [4.78, 5) is 17.1. The first-order valence-electron chi connectivity index (χ1n) is 11.5. The van der Waals surface area contributed by atoms with Gasteiger partial charge in [-0.2, -0.15) is 8.78 Å². The van der Waals surface area contributed by atoms with Gasteiger partial charge in [0.15, 0.2) is 0 Å². The molecule has 2 N–H and O–H groups in total. The van der Waals surface area contributed by atoms with Crippen LogP contribution in [0.25, 0.3) is 10.9 Å². The summed E-state index contributed by atoms with van der Waals surface area (Å²) in [6.07, 6.45) is 3.95. The van der Waals surface area contributed by atoms with Crippen LogP contribution in [0.3, 0.4) is 0 Å². The first kappa shape index (κ1) is 22.8. The van der Waals surface area contributed by atoms with Crippen molar-refractivity contribution in [3.05, 3.63) is 64.8 Å². The lowest BCUT2D eigenvalue weighted by atomic mass is 9.79. The highest BCUT2D eigenvalue weighted by molar-refractivity contribution is 5.88. The molecule has 2 fully saturated rings. The Hall–Kier alpha value is -2.97. The number of halogens is 2. The van der Waals surface area contributed by atoms with Gasteiger partial charge in [0.05, 0.1) is 18.8 Å². The van der Waals surface area contributed by atoms with Gasteiger partial charge in [-0.1, -0.05) is 12.1 Å². The summed E-state index contributed by atoms with van der Waals surface area (Å²) >= 11 is 0. The van der Waals surface area contributed by atoms with Gasteiger partial charge in [0.1, 0.15) is 5.75 Å². The topological polar surface area (TPSA) is 74.8 Å². The van der Waals surface area contributed by atoms with Crippen molar-refractivity contribution in [2.45, 2.75) is 63.4 Å². The van der Waals surface area contributed by atoms with Crippen LogP contribution < -0.4 is 4.74 Å². The van der Waals surface area contributed by atoms with E-state index in [9.17, 15) is 18.7 Å². The predicted octanol–water partition coefficient (Wildman–Crippen LogP) is 5.44. The lowest BCUT2D eigenvalue weighted by Gasteiger charge is -2.48. The van der Waals surface area contributed by atoms with E-state index in [1.54, 1.807) is 19.2 Å². The second-order valence-electron chi connectivity index (χ2n) is 9.33. The zero-order valence-electron chi connectivity index (χ0n) is 19.2. The molecule has 1 aromatic heterocycles. The number of aryl methyl sites for hydroxylation is 1. The molecular weight excluding hydrogens is 442 g/mol. The minimum atomic E-state index is -2.82. The minimum absolute atomic E-state index is 0.0663. The molecule has 180 valence electrons. The SMILES string of the molecule is COc1cc(C)c2[nH]ccc2c1CN1[C@H]2CCC1(c1ccc(C(=O)O)cc1)C[C@H](OC(F)F)C2. The molecule has 0 amide bonds. The number of aromatic carboxylic acids is 1. The van der Waals surface area contributed by atoms with E-state index >= 15 is 0 Å². The number of hydrogen-bond donors (Lipinski definition) is 2. The highest BCUT2D eigenvalue weighted by Crippen LogP contribution is 2.53. The molecule has 5 rings (SSSR count). The van der Waals surface area contributed by atoms with E-state index in [0.29, 0.717) is 19.4 Å². The lowest BCUT2D eigenvalue weighted by molar-refractivity contribution is -0.188. The van der Waals surface area contributed by atoms with Gasteiger partial charge in [-0.15, -0.1) is 0 Å². The van der Waals surface area contributed by atoms with Crippen LogP contribution in [0.2, 0.25) is 0 Å². The van der Waals surface area contributed by atoms with Crippen molar-refractivity contribution >= 4 is 16.9 Å². The van der Waals surface area contributed by atoms with Crippen LogP contribution in [0.15, 0.2) is 42.6 Å². The molecule has 0 spiro atoms. The van der Waals surface area contributed by atoms with E-state index in [-0.39, 0.29) is 11.6 Å². The van der Waals surface area contributed by atoms with Crippen LogP contribution in [0.1, 0.15) is 52.7 Å². The lowest BCUT2D eigenvalue weighted by Crippen LogP contribution is -2.52. The number of nitrogens with one attached hydrogen (secondary N) is 1. The number of ether oxygens (including phenoxy) is 2. The van der Waals surface area contributed by atoms with Crippen LogP contribution in [-0.4, -0.2) is 46.8 Å². The van der Waals surface area contributed by atoms with Gasteiger partial charge in [0, 0.05) is 40.8 Å². The van der Waals surface area contributed by atoms with E-state index in [1.165, 1.54) is 0 Å². The van der Waals surface area contributed by atoms with E-state index < -0.39 is 24.2 Å². The van der Waals surface area contributed by atoms with Crippen molar-refractivity contribution in [1.29, 1.82) is 0 Å². The number of benzene rings is 2. The van der Waals surface area contributed by atoms with Crippen molar-refractivity contribution in [3.63, 3.8) is 0 Å². The minimum Gasteiger partial charge on any atom is -0.496 e. The number of rotatable bonds is 7. The Morgan fingerprint density at radius 3 is 2.74 bits per heavy atom. The molecule has 2 aliphatic heterocycles. The van der Waals surface area contributed by atoms with Gasteiger partial charge in [-0.05, 0) is 68.0 Å². The monoisotopic (exact) mass is 470 g/mol. The van der Waals surface area contributed by atoms with E-state index in [0.717, 1.165) is 46.2 Å². The third-order valence-electron chi connectivity index (χ3n) is 7.61. The van der Waals surface area contributed by atoms with Crippen molar-refractivity contribution in [1.82, 2.24) is 9.88 Å². The Kier molecular flexibility index (Phi) is 5.81. The summed E-state index contributed by atoms with van der Waals surface area (Å²) in [5.41, 5.74) is 3.80. The van der Waals surface area contributed by atoms with Gasteiger partial charge in [-0.3, -0.25) is 4.90 Å². The Balaban J connectivity index is 1.59. The molecule has 8 heteroatoms. The predicted molar refractivity (Wildman–Crippen MR) is 123 cm³/mol. The van der Waals surface area contributed by atoms with E-state index in [1.807, 2.05) is 37.4 Å². The molecule has 3 aromatic rings. The van der Waals surface area contributed by atoms with Crippen LogP contribution in [0.5, 0.6) is 5.75 Å². The fourth-order valence-electron chi connectivity index (χ4n) is 6.11. The summed E-state index contributed by atoms with van der Waals surface area (Å²) in [5, 5.41) is 10.4. The first-order valence-corrected chi connectivity index (χ1v) is 11.5. The van der Waals surface area contributed by atoms with Gasteiger partial charge < -0.3 is 19.6 Å². The maximum absolute atomic E-state index is 13.2. The summed E-state index contributed by atoms with van der Waals surface area (Å²) < 4.78 is 37.1. The number of aromatic amines is 1. The molecule has 2 aliphatic rings. The Labute approximate surface area is 196 Å². The number of fused-ring (bicyclic) bond motifs is 3. The van der Waals surface area contributed by atoms with Crippen LogP contribution in [-0.2, 0) is 16.8 Å². The maximum atomic E-state index is 13.2. The number of methoxy groups -OCH3 is 1. The van der Waals surface area contributed by atoms with Crippen LogP contribution in [0, 0.1) is 6.92 Å². The van der Waals surface area contributed by atoms with E-state index in [2.05, 4.69) is 9.88 Å². The number of aromatic nitrogens is 1. The van der Waals surface area contributed by atoms with Crippen molar-refractivity contribution < 1.29 is 28.2 Å². The number of carboxylic acids is 1. The van der Waals surface area contributed by atoms with Crippen molar-refractivity contribution in [3.8, 4) is 5.75 Å². The average molecular weight is 471 g/mol. The summed E-state index contributed by atoms with van der Waals surface area (Å²) in [7, 11) is 1.66. The number of nitrogens with zero attached hydrogens (tertiary/aromatic N) is 1. The zero-order chi connectivity index (χ0) is 24.0. The molecule has 3 heterocycles. The smallest absolute Gasteiger partial charge is 0.345 e. The largest absolute Gasteiger partial charge is 0.496 e. The van der Waals surface area contributed by atoms with Crippen molar-refractivity contribution in [2.75, 3.05) is 7.11 Å². The Morgan fingerprint density at radius 2 is 2.06 bits per heavy atom.